The molecule has 114 valence electrons. The predicted molar refractivity (Wildman–Crippen MR) is 81.4 cm³/mol. The maximum atomic E-state index is 13.4. The van der Waals surface area contributed by atoms with E-state index in [2.05, 4.69) is 5.32 Å². The van der Waals surface area contributed by atoms with Gasteiger partial charge in [-0.25, -0.2) is 9.18 Å². The maximum Gasteiger partial charge on any atom is 0.338 e. The summed E-state index contributed by atoms with van der Waals surface area (Å²) in [5.74, 6) is -1.87. The van der Waals surface area contributed by atoms with Gasteiger partial charge in [-0.05, 0) is 37.3 Å². The lowest BCUT2D eigenvalue weighted by Crippen LogP contribution is -2.30. The molecule has 4 nitrogen and oxygen atoms in total. The standard InChI is InChI=1S/C16H13ClFNO3/c1-10(15(20)19-14-8-3-2-7-13(14)18)22-16(21)11-5-4-6-12(17)9-11/h2-10H,1H3,(H,19,20)/t10-/m0/s1. The van der Waals surface area contributed by atoms with E-state index in [0.717, 1.165) is 0 Å². The third-order valence-electron chi connectivity index (χ3n) is 2.85. The Bertz CT molecular complexity index is 705. The van der Waals surface area contributed by atoms with Gasteiger partial charge in [-0.2, -0.15) is 0 Å². The first-order valence-corrected chi connectivity index (χ1v) is 6.87. The second-order valence-electron chi connectivity index (χ2n) is 4.53. The Morgan fingerprint density at radius 1 is 1.18 bits per heavy atom. The lowest BCUT2D eigenvalue weighted by Gasteiger charge is -2.14. The van der Waals surface area contributed by atoms with Gasteiger partial charge in [-0.3, -0.25) is 4.79 Å². The van der Waals surface area contributed by atoms with Crippen molar-refractivity contribution in [2.75, 3.05) is 5.32 Å². The minimum Gasteiger partial charge on any atom is -0.449 e. The highest BCUT2D eigenvalue weighted by Gasteiger charge is 2.20. The zero-order valence-corrected chi connectivity index (χ0v) is 12.4. The average Bonchev–Trinajstić information content (AvgIpc) is 2.49. The van der Waals surface area contributed by atoms with Gasteiger partial charge in [0, 0.05) is 5.02 Å². The lowest BCUT2D eigenvalue weighted by molar-refractivity contribution is -0.123. The molecular formula is C16H13ClFNO3. The van der Waals surface area contributed by atoms with Crippen LogP contribution >= 0.6 is 11.6 Å². The van der Waals surface area contributed by atoms with E-state index in [9.17, 15) is 14.0 Å². The summed E-state index contributed by atoms with van der Waals surface area (Å²) in [5.41, 5.74) is 0.260. The number of halogens is 2. The lowest BCUT2D eigenvalue weighted by atomic mass is 10.2. The van der Waals surface area contributed by atoms with Gasteiger partial charge < -0.3 is 10.1 Å². The van der Waals surface area contributed by atoms with Crippen LogP contribution in [0.1, 0.15) is 17.3 Å². The second-order valence-corrected chi connectivity index (χ2v) is 4.96. The van der Waals surface area contributed by atoms with Crippen LogP contribution in [0.3, 0.4) is 0 Å². The summed E-state index contributed by atoms with van der Waals surface area (Å²) < 4.78 is 18.5. The molecule has 0 fully saturated rings. The molecule has 0 saturated carbocycles. The summed E-state index contributed by atoms with van der Waals surface area (Å²) in [5, 5.41) is 2.75. The van der Waals surface area contributed by atoms with Crippen LogP contribution in [-0.4, -0.2) is 18.0 Å². The number of amides is 1. The molecule has 0 radical (unpaired) electrons. The van der Waals surface area contributed by atoms with Crippen molar-refractivity contribution in [2.24, 2.45) is 0 Å². The van der Waals surface area contributed by atoms with Crippen LogP contribution in [-0.2, 0) is 9.53 Å². The Morgan fingerprint density at radius 3 is 2.59 bits per heavy atom. The number of hydrogen-bond acceptors (Lipinski definition) is 3. The van der Waals surface area contributed by atoms with Gasteiger partial charge in [-0.15, -0.1) is 0 Å². The molecule has 0 saturated heterocycles. The Kier molecular flexibility index (Phi) is 5.12. The van der Waals surface area contributed by atoms with Crippen molar-refractivity contribution in [1.82, 2.24) is 0 Å². The first kappa shape index (κ1) is 16.0. The number of benzene rings is 2. The molecule has 0 aliphatic heterocycles. The zero-order valence-electron chi connectivity index (χ0n) is 11.7. The summed E-state index contributed by atoms with van der Waals surface area (Å²) in [6.07, 6.45) is -1.08. The monoisotopic (exact) mass is 321 g/mol. The minimum atomic E-state index is -1.08. The molecule has 1 amide bonds. The number of carbonyl (C=O) groups is 2. The van der Waals surface area contributed by atoms with Crippen LogP contribution in [0.5, 0.6) is 0 Å². The number of carbonyl (C=O) groups excluding carboxylic acids is 2. The van der Waals surface area contributed by atoms with E-state index in [1.165, 1.54) is 37.3 Å². The summed E-state index contributed by atoms with van der Waals surface area (Å²) in [6.45, 7) is 1.40. The van der Waals surface area contributed by atoms with Crippen molar-refractivity contribution in [2.45, 2.75) is 13.0 Å². The number of rotatable bonds is 4. The Balaban J connectivity index is 1.99. The Morgan fingerprint density at radius 2 is 1.91 bits per heavy atom. The van der Waals surface area contributed by atoms with E-state index in [4.69, 9.17) is 16.3 Å². The van der Waals surface area contributed by atoms with Crippen LogP contribution in [0, 0.1) is 5.82 Å². The molecule has 1 N–H and O–H groups in total. The van der Waals surface area contributed by atoms with Crippen molar-refractivity contribution in [1.29, 1.82) is 0 Å². The Labute approximate surface area is 131 Å². The van der Waals surface area contributed by atoms with Crippen molar-refractivity contribution < 1.29 is 18.7 Å². The topological polar surface area (TPSA) is 55.4 Å². The molecule has 0 aliphatic carbocycles. The van der Waals surface area contributed by atoms with E-state index < -0.39 is 23.8 Å². The molecular weight excluding hydrogens is 309 g/mol. The van der Waals surface area contributed by atoms with Crippen molar-refractivity contribution in [3.05, 3.63) is 64.9 Å². The van der Waals surface area contributed by atoms with Crippen LogP contribution in [0.15, 0.2) is 48.5 Å². The normalized spacial score (nSPS) is 11.6. The first-order chi connectivity index (χ1) is 10.5. The summed E-state index contributed by atoms with van der Waals surface area (Å²) in [6, 6.07) is 11.9. The fourth-order valence-electron chi connectivity index (χ4n) is 1.69. The number of para-hydroxylation sites is 1. The smallest absolute Gasteiger partial charge is 0.338 e. The molecule has 22 heavy (non-hydrogen) atoms. The number of esters is 1. The molecule has 2 rings (SSSR count). The van der Waals surface area contributed by atoms with Gasteiger partial charge in [-0.1, -0.05) is 29.8 Å². The van der Waals surface area contributed by atoms with E-state index >= 15 is 0 Å². The van der Waals surface area contributed by atoms with Crippen LogP contribution in [0.2, 0.25) is 5.02 Å². The van der Waals surface area contributed by atoms with Crippen molar-refractivity contribution >= 4 is 29.2 Å². The van der Waals surface area contributed by atoms with Crippen LogP contribution < -0.4 is 5.32 Å². The fourth-order valence-corrected chi connectivity index (χ4v) is 1.88. The summed E-state index contributed by atoms with van der Waals surface area (Å²) >= 11 is 5.78. The molecule has 0 aliphatic rings. The van der Waals surface area contributed by atoms with Crippen molar-refractivity contribution in [3.63, 3.8) is 0 Å². The molecule has 0 heterocycles. The SMILES string of the molecule is C[C@H](OC(=O)c1cccc(Cl)c1)C(=O)Nc1ccccc1F. The van der Waals surface area contributed by atoms with Gasteiger partial charge in [0.05, 0.1) is 11.3 Å². The largest absolute Gasteiger partial charge is 0.449 e. The van der Waals surface area contributed by atoms with Gasteiger partial charge in [0.15, 0.2) is 6.10 Å². The quantitative estimate of drug-likeness (QED) is 0.874. The highest BCUT2D eigenvalue weighted by Crippen LogP contribution is 2.15. The molecule has 1 atom stereocenters. The van der Waals surface area contributed by atoms with E-state index in [1.807, 2.05) is 0 Å². The number of hydrogen-bond donors (Lipinski definition) is 1. The van der Waals surface area contributed by atoms with Gasteiger partial charge >= 0.3 is 5.97 Å². The maximum absolute atomic E-state index is 13.4. The zero-order chi connectivity index (χ0) is 16.1. The first-order valence-electron chi connectivity index (χ1n) is 6.49. The van der Waals surface area contributed by atoms with E-state index in [1.54, 1.807) is 18.2 Å². The van der Waals surface area contributed by atoms with Crippen LogP contribution in [0.4, 0.5) is 10.1 Å². The van der Waals surface area contributed by atoms with E-state index in [0.29, 0.717) is 5.02 Å². The number of nitrogens with one attached hydrogen (secondary N) is 1. The highest BCUT2D eigenvalue weighted by molar-refractivity contribution is 6.30. The third kappa shape index (κ3) is 4.05. The molecule has 2 aromatic rings. The average molecular weight is 322 g/mol. The summed E-state index contributed by atoms with van der Waals surface area (Å²) in [7, 11) is 0. The number of ether oxygens (including phenoxy) is 1. The molecule has 0 spiro atoms. The summed E-state index contributed by atoms with van der Waals surface area (Å²) in [4.78, 5) is 23.8. The molecule has 0 unspecified atom stereocenters. The third-order valence-corrected chi connectivity index (χ3v) is 3.08. The Hall–Kier alpha value is -2.40. The fraction of sp³-hybridized carbons (Fsp3) is 0.125. The van der Waals surface area contributed by atoms with Gasteiger partial charge in [0.1, 0.15) is 5.82 Å². The molecule has 2 aromatic carbocycles. The van der Waals surface area contributed by atoms with Crippen molar-refractivity contribution in [3.8, 4) is 0 Å². The molecule has 0 bridgehead atoms. The van der Waals surface area contributed by atoms with Gasteiger partial charge in [0.25, 0.3) is 5.91 Å². The second kappa shape index (κ2) is 7.04. The highest BCUT2D eigenvalue weighted by atomic mass is 35.5. The molecule has 0 aromatic heterocycles. The van der Waals surface area contributed by atoms with Crippen LogP contribution in [0.25, 0.3) is 0 Å². The number of anilines is 1. The predicted octanol–water partition coefficient (Wildman–Crippen LogP) is 3.66. The molecule has 6 heteroatoms. The minimum absolute atomic E-state index is 0.0261. The van der Waals surface area contributed by atoms with Gasteiger partial charge in [0.2, 0.25) is 0 Å². The van der Waals surface area contributed by atoms with E-state index in [-0.39, 0.29) is 11.3 Å².